The molecule has 7 rings (SSSR count). The van der Waals surface area contributed by atoms with E-state index in [4.69, 9.17) is 19.7 Å². The third-order valence-corrected chi connectivity index (χ3v) is 11.5. The number of ether oxygens (including phenoxy) is 1. The third-order valence-electron chi connectivity index (χ3n) is 11.5. The molecule has 0 amide bonds. The summed E-state index contributed by atoms with van der Waals surface area (Å²) < 4.78 is 8.47. The number of hydrogen-bond donors (Lipinski definition) is 2. The van der Waals surface area contributed by atoms with Crippen molar-refractivity contribution in [2.75, 3.05) is 48.0 Å². The molecular weight excluding hydrogens is 578 g/mol. The lowest BCUT2D eigenvalue weighted by molar-refractivity contribution is -0.143. The normalized spacial score (nSPS) is 27.5. The summed E-state index contributed by atoms with van der Waals surface area (Å²) in [6, 6.07) is 10.9. The van der Waals surface area contributed by atoms with Crippen LogP contribution in [-0.2, 0) is 16.1 Å². The highest BCUT2D eigenvalue weighted by atomic mass is 16.5. The molecule has 2 aliphatic heterocycles. The molecule has 0 spiro atoms. The van der Waals surface area contributed by atoms with Gasteiger partial charge in [-0.25, -0.2) is 0 Å². The largest absolute Gasteiger partial charge is 0.481 e. The number of hydrogen-bond acceptors (Lipinski definition) is 8. The second kappa shape index (κ2) is 12.7. The van der Waals surface area contributed by atoms with Crippen LogP contribution in [0.1, 0.15) is 84.2 Å². The molecule has 4 aliphatic rings. The number of nitrogens with zero attached hydrogens (tertiary/aromatic N) is 6. The van der Waals surface area contributed by atoms with E-state index in [-0.39, 0.29) is 12.1 Å². The highest BCUT2D eigenvalue weighted by Gasteiger charge is 2.45. The fourth-order valence-corrected chi connectivity index (χ4v) is 8.18. The van der Waals surface area contributed by atoms with Gasteiger partial charge in [0.2, 0.25) is 11.9 Å². The minimum Gasteiger partial charge on any atom is -0.481 e. The molecule has 4 fully saturated rings. The number of aliphatic carboxylic acids is 1. The molecule has 10 nitrogen and oxygen atoms in total. The maximum atomic E-state index is 12.2. The summed E-state index contributed by atoms with van der Waals surface area (Å²) in [6.07, 6.45) is 8.69. The van der Waals surface area contributed by atoms with Gasteiger partial charge in [-0.15, -0.1) is 0 Å². The van der Waals surface area contributed by atoms with E-state index in [9.17, 15) is 9.90 Å². The van der Waals surface area contributed by atoms with Crippen molar-refractivity contribution < 1.29 is 14.6 Å². The van der Waals surface area contributed by atoms with Crippen molar-refractivity contribution in [3.05, 3.63) is 35.9 Å². The molecule has 4 heterocycles. The van der Waals surface area contributed by atoms with Crippen molar-refractivity contribution >= 4 is 34.8 Å². The highest BCUT2D eigenvalue weighted by Crippen LogP contribution is 2.41. The number of carboxylic acid groups (broad SMARTS) is 1. The van der Waals surface area contributed by atoms with Gasteiger partial charge in [0, 0.05) is 32.2 Å². The Morgan fingerprint density at radius 1 is 1.09 bits per heavy atom. The van der Waals surface area contributed by atoms with Crippen LogP contribution in [0.25, 0.3) is 11.2 Å². The fraction of sp³-hybridized carbons (Fsp3) is 0.667. The number of rotatable bonds is 9. The third kappa shape index (κ3) is 6.05. The number of benzene rings is 1. The molecule has 1 aromatic carbocycles. The topological polar surface area (TPSA) is 109 Å². The van der Waals surface area contributed by atoms with E-state index in [2.05, 4.69) is 63.9 Å². The second-order valence-electron chi connectivity index (χ2n) is 15.3. The maximum absolute atomic E-state index is 12.2. The summed E-state index contributed by atoms with van der Waals surface area (Å²) in [7, 11) is 0. The Hall–Kier alpha value is -3.40. The van der Waals surface area contributed by atoms with Crippen LogP contribution in [0.3, 0.4) is 0 Å². The molecule has 2 N–H and O–H groups in total. The van der Waals surface area contributed by atoms with Crippen molar-refractivity contribution in [3.63, 3.8) is 0 Å². The number of morpholine rings is 1. The van der Waals surface area contributed by atoms with Crippen LogP contribution in [0.15, 0.2) is 30.3 Å². The zero-order chi connectivity index (χ0) is 32.0. The fourth-order valence-electron chi connectivity index (χ4n) is 8.18. The molecule has 1 unspecified atom stereocenters. The molecule has 3 atom stereocenters. The number of fused-ring (bicyclic) bond motifs is 1. The first-order valence-corrected chi connectivity index (χ1v) is 17.6. The van der Waals surface area contributed by atoms with E-state index in [1.807, 2.05) is 13.8 Å². The number of anilines is 3. The highest BCUT2D eigenvalue weighted by molar-refractivity contribution is 5.87. The number of imidazole rings is 1. The average Bonchev–Trinajstić information content (AvgIpc) is 3.54. The van der Waals surface area contributed by atoms with E-state index in [1.165, 1.54) is 50.5 Å². The van der Waals surface area contributed by atoms with Crippen molar-refractivity contribution in [3.8, 4) is 0 Å². The van der Waals surface area contributed by atoms with Crippen LogP contribution >= 0.6 is 0 Å². The molecule has 0 bridgehead atoms. The average molecular weight is 630 g/mol. The summed E-state index contributed by atoms with van der Waals surface area (Å²) >= 11 is 0. The number of nitrogens with one attached hydrogen (secondary N) is 1. The molecule has 10 heteroatoms. The standard InChI is InChI=1S/C36H51N7O3/c1-23-13-15-25(16-14-23)19-43-30-31(37-24(2)26-11-8-12-26)38-34(41-20-28(33(44)45)36(3,4)22-41)39-32(30)40-35(43)42-17-18-46-21-29(42)27-9-6-5-7-10-27/h5-7,9-10,23-26,28-29H,8,11-22H2,1-4H3,(H,44,45)(H,37,38,39)/t23?,24-,25?,28?,29+/m1/s1. The quantitative estimate of drug-likeness (QED) is 0.279. The first kappa shape index (κ1) is 31.2. The molecule has 248 valence electrons. The Morgan fingerprint density at radius 2 is 1.85 bits per heavy atom. The molecule has 2 aliphatic carbocycles. The Bertz CT molecular complexity index is 1530. The van der Waals surface area contributed by atoms with Gasteiger partial charge in [0.25, 0.3) is 0 Å². The van der Waals surface area contributed by atoms with Gasteiger partial charge in [0.15, 0.2) is 11.5 Å². The summed E-state index contributed by atoms with van der Waals surface area (Å²) in [4.78, 5) is 32.4. The minimum absolute atomic E-state index is 0.0466. The number of carbonyl (C=O) groups is 1. The molecule has 3 aromatic rings. The number of aromatic nitrogens is 4. The SMILES string of the molecule is CC1CCC(Cn2c(N3CCOC[C@H]3c3ccccc3)nc3nc(N4CC(C(=O)O)C(C)(C)C4)nc(N[C@H](C)C4CCC4)c32)CC1. The monoisotopic (exact) mass is 629 g/mol. The summed E-state index contributed by atoms with van der Waals surface area (Å²) in [5.74, 6) is 3.03. The minimum atomic E-state index is -0.766. The Labute approximate surface area is 272 Å². The van der Waals surface area contributed by atoms with Crippen LogP contribution < -0.4 is 15.1 Å². The van der Waals surface area contributed by atoms with E-state index in [0.29, 0.717) is 49.7 Å². The van der Waals surface area contributed by atoms with Crippen LogP contribution in [0, 0.1) is 29.1 Å². The lowest BCUT2D eigenvalue weighted by Crippen LogP contribution is -2.41. The zero-order valence-corrected chi connectivity index (χ0v) is 28.0. The van der Waals surface area contributed by atoms with Crippen LogP contribution in [-0.4, -0.2) is 69.5 Å². The van der Waals surface area contributed by atoms with Gasteiger partial charge in [-0.3, -0.25) is 4.79 Å². The van der Waals surface area contributed by atoms with Crippen molar-refractivity contribution in [2.24, 2.45) is 29.1 Å². The summed E-state index contributed by atoms with van der Waals surface area (Å²) in [6.45, 7) is 12.6. The van der Waals surface area contributed by atoms with Crippen molar-refractivity contribution in [1.29, 1.82) is 0 Å². The van der Waals surface area contributed by atoms with E-state index >= 15 is 0 Å². The first-order valence-electron chi connectivity index (χ1n) is 17.6. The van der Waals surface area contributed by atoms with E-state index in [0.717, 1.165) is 36.3 Å². The van der Waals surface area contributed by atoms with Gasteiger partial charge in [-0.05, 0) is 61.3 Å². The molecule has 2 saturated carbocycles. The number of carboxylic acids is 1. The Balaban J connectivity index is 1.36. The molecule has 2 aromatic heterocycles. The second-order valence-corrected chi connectivity index (χ2v) is 15.3. The predicted molar refractivity (Wildman–Crippen MR) is 181 cm³/mol. The first-order chi connectivity index (χ1) is 22.2. The van der Waals surface area contributed by atoms with Crippen LogP contribution in [0.4, 0.5) is 17.7 Å². The smallest absolute Gasteiger partial charge is 0.308 e. The van der Waals surface area contributed by atoms with E-state index < -0.39 is 17.3 Å². The van der Waals surface area contributed by atoms with Gasteiger partial charge in [-0.1, -0.05) is 70.4 Å². The Kier molecular flexibility index (Phi) is 8.59. The molecular formula is C36H51N7O3. The lowest BCUT2D eigenvalue weighted by atomic mass is 9.80. The van der Waals surface area contributed by atoms with Crippen molar-refractivity contribution in [1.82, 2.24) is 19.5 Å². The van der Waals surface area contributed by atoms with Gasteiger partial charge < -0.3 is 29.5 Å². The van der Waals surface area contributed by atoms with Crippen molar-refractivity contribution in [2.45, 2.75) is 91.3 Å². The predicted octanol–water partition coefficient (Wildman–Crippen LogP) is 6.38. The van der Waals surface area contributed by atoms with E-state index in [1.54, 1.807) is 0 Å². The van der Waals surface area contributed by atoms with Gasteiger partial charge in [0.05, 0.1) is 25.2 Å². The Morgan fingerprint density at radius 3 is 2.52 bits per heavy atom. The molecule has 46 heavy (non-hydrogen) atoms. The van der Waals surface area contributed by atoms with Crippen LogP contribution in [0.5, 0.6) is 0 Å². The molecule has 0 radical (unpaired) electrons. The zero-order valence-electron chi connectivity index (χ0n) is 28.0. The maximum Gasteiger partial charge on any atom is 0.308 e. The molecule has 2 saturated heterocycles. The summed E-state index contributed by atoms with van der Waals surface area (Å²) in [5, 5.41) is 13.9. The van der Waals surface area contributed by atoms with Gasteiger partial charge in [-0.2, -0.15) is 15.0 Å². The van der Waals surface area contributed by atoms with Gasteiger partial charge >= 0.3 is 5.97 Å². The summed E-state index contributed by atoms with van der Waals surface area (Å²) in [5.41, 5.74) is 2.48. The van der Waals surface area contributed by atoms with Gasteiger partial charge in [0.1, 0.15) is 5.52 Å². The van der Waals surface area contributed by atoms with Crippen LogP contribution in [0.2, 0.25) is 0 Å². The lowest BCUT2D eigenvalue weighted by Gasteiger charge is -2.37.